The van der Waals surface area contributed by atoms with Crippen LogP contribution < -0.4 is 11.5 Å². The maximum absolute atomic E-state index is 5.96. The first-order valence-electron chi connectivity index (χ1n) is 4.31. The minimum absolute atomic E-state index is 0.0339. The van der Waals surface area contributed by atoms with Gasteiger partial charge in [0.2, 0.25) is 0 Å². The van der Waals surface area contributed by atoms with E-state index in [4.69, 9.17) is 11.5 Å². The predicted octanol–water partition coefficient (Wildman–Crippen LogP) is 1.58. The SMILES string of the molecule is NCCC[C@@H](N)c1cccnc1Br. The number of aromatic nitrogens is 1. The molecule has 0 aliphatic carbocycles. The average Bonchev–Trinajstić information content (AvgIpc) is 2.15. The smallest absolute Gasteiger partial charge is 0.110 e. The van der Waals surface area contributed by atoms with Gasteiger partial charge < -0.3 is 11.5 Å². The molecular weight excluding hydrogens is 230 g/mol. The Balaban J connectivity index is 2.65. The van der Waals surface area contributed by atoms with E-state index in [1.165, 1.54) is 0 Å². The molecule has 4 heteroatoms. The molecule has 0 unspecified atom stereocenters. The van der Waals surface area contributed by atoms with Crippen molar-refractivity contribution in [2.24, 2.45) is 11.5 Å². The number of halogens is 1. The molecule has 1 aromatic rings. The third-order valence-corrected chi connectivity index (χ3v) is 2.57. The standard InChI is InChI=1S/C9H14BrN3/c10-9-7(3-2-6-13-9)8(12)4-1-5-11/h2-3,6,8H,1,4-5,11-12H2/t8-/m1/s1. The van der Waals surface area contributed by atoms with Crippen LogP contribution in [0.4, 0.5) is 0 Å². The Morgan fingerprint density at radius 3 is 2.92 bits per heavy atom. The second-order valence-electron chi connectivity index (χ2n) is 2.92. The van der Waals surface area contributed by atoms with Gasteiger partial charge in [0.25, 0.3) is 0 Å². The topological polar surface area (TPSA) is 64.9 Å². The highest BCUT2D eigenvalue weighted by Crippen LogP contribution is 2.21. The normalized spacial score (nSPS) is 12.8. The largest absolute Gasteiger partial charge is 0.330 e. The van der Waals surface area contributed by atoms with Crippen molar-refractivity contribution < 1.29 is 0 Å². The maximum atomic E-state index is 5.96. The van der Waals surface area contributed by atoms with E-state index in [2.05, 4.69) is 20.9 Å². The van der Waals surface area contributed by atoms with Crippen molar-refractivity contribution in [3.05, 3.63) is 28.5 Å². The Morgan fingerprint density at radius 1 is 1.54 bits per heavy atom. The number of hydrogen-bond donors (Lipinski definition) is 2. The lowest BCUT2D eigenvalue weighted by molar-refractivity contribution is 0.613. The molecule has 0 aliphatic rings. The number of rotatable bonds is 4. The van der Waals surface area contributed by atoms with Crippen molar-refractivity contribution in [3.8, 4) is 0 Å². The number of pyridine rings is 1. The second-order valence-corrected chi connectivity index (χ2v) is 3.67. The molecule has 0 amide bonds. The van der Waals surface area contributed by atoms with Crippen LogP contribution in [0, 0.1) is 0 Å². The molecular formula is C9H14BrN3. The van der Waals surface area contributed by atoms with Crippen LogP contribution in [0.1, 0.15) is 24.4 Å². The van der Waals surface area contributed by atoms with E-state index in [1.54, 1.807) is 6.20 Å². The molecule has 1 heterocycles. The minimum Gasteiger partial charge on any atom is -0.330 e. The van der Waals surface area contributed by atoms with Crippen LogP contribution >= 0.6 is 15.9 Å². The minimum atomic E-state index is 0.0339. The Morgan fingerprint density at radius 2 is 2.31 bits per heavy atom. The highest BCUT2D eigenvalue weighted by Gasteiger charge is 2.08. The van der Waals surface area contributed by atoms with Gasteiger partial charge in [-0.1, -0.05) is 6.07 Å². The van der Waals surface area contributed by atoms with Gasteiger partial charge in [-0.2, -0.15) is 0 Å². The first-order valence-corrected chi connectivity index (χ1v) is 5.11. The highest BCUT2D eigenvalue weighted by atomic mass is 79.9. The van der Waals surface area contributed by atoms with Crippen LogP contribution in [0.25, 0.3) is 0 Å². The van der Waals surface area contributed by atoms with Crippen molar-refractivity contribution >= 4 is 15.9 Å². The van der Waals surface area contributed by atoms with Gasteiger partial charge in [-0.15, -0.1) is 0 Å². The molecule has 1 atom stereocenters. The average molecular weight is 244 g/mol. The molecule has 3 nitrogen and oxygen atoms in total. The number of hydrogen-bond acceptors (Lipinski definition) is 3. The van der Waals surface area contributed by atoms with Crippen molar-refractivity contribution in [3.63, 3.8) is 0 Å². The zero-order chi connectivity index (χ0) is 9.68. The zero-order valence-corrected chi connectivity index (χ0v) is 9.00. The predicted molar refractivity (Wildman–Crippen MR) is 57.2 cm³/mol. The van der Waals surface area contributed by atoms with Crippen molar-refractivity contribution in [1.29, 1.82) is 0 Å². The lowest BCUT2D eigenvalue weighted by Crippen LogP contribution is -2.13. The van der Waals surface area contributed by atoms with Crippen LogP contribution in [0.2, 0.25) is 0 Å². The van der Waals surface area contributed by atoms with Gasteiger partial charge in [-0.3, -0.25) is 0 Å². The lowest BCUT2D eigenvalue weighted by Gasteiger charge is -2.11. The summed E-state index contributed by atoms with van der Waals surface area (Å²) in [6.07, 6.45) is 3.59. The van der Waals surface area contributed by atoms with E-state index >= 15 is 0 Å². The third-order valence-electron chi connectivity index (χ3n) is 1.91. The molecule has 0 radical (unpaired) electrons. The van der Waals surface area contributed by atoms with Crippen LogP contribution in [0.15, 0.2) is 22.9 Å². The van der Waals surface area contributed by atoms with Gasteiger partial charge in [-0.25, -0.2) is 4.98 Å². The monoisotopic (exact) mass is 243 g/mol. The molecule has 0 saturated carbocycles. The van der Waals surface area contributed by atoms with E-state index in [0.29, 0.717) is 6.54 Å². The van der Waals surface area contributed by atoms with Gasteiger partial charge in [0.1, 0.15) is 4.60 Å². The second kappa shape index (κ2) is 5.32. The highest BCUT2D eigenvalue weighted by molar-refractivity contribution is 9.10. The fourth-order valence-electron chi connectivity index (χ4n) is 1.17. The summed E-state index contributed by atoms with van der Waals surface area (Å²) in [6.45, 7) is 0.686. The molecule has 1 aromatic heterocycles. The van der Waals surface area contributed by atoms with E-state index in [-0.39, 0.29) is 6.04 Å². The molecule has 0 aliphatic heterocycles. The molecule has 0 bridgehead atoms. The first-order chi connectivity index (χ1) is 6.25. The summed E-state index contributed by atoms with van der Waals surface area (Å²) in [5.74, 6) is 0. The van der Waals surface area contributed by atoms with Gasteiger partial charge in [0.05, 0.1) is 0 Å². The van der Waals surface area contributed by atoms with Crippen LogP contribution in [-0.4, -0.2) is 11.5 Å². The van der Waals surface area contributed by atoms with Crippen LogP contribution in [0.5, 0.6) is 0 Å². The summed E-state index contributed by atoms with van der Waals surface area (Å²) >= 11 is 3.37. The fourth-order valence-corrected chi connectivity index (χ4v) is 1.71. The Hall–Kier alpha value is -0.450. The summed E-state index contributed by atoms with van der Waals surface area (Å²) in [6, 6.07) is 3.91. The lowest BCUT2D eigenvalue weighted by atomic mass is 10.1. The third kappa shape index (κ3) is 3.06. The summed E-state index contributed by atoms with van der Waals surface area (Å²) in [7, 11) is 0. The number of nitrogens with zero attached hydrogens (tertiary/aromatic N) is 1. The Labute approximate surface area is 86.7 Å². The van der Waals surface area contributed by atoms with Gasteiger partial charge >= 0.3 is 0 Å². The summed E-state index contributed by atoms with van der Waals surface area (Å²) in [4.78, 5) is 4.11. The van der Waals surface area contributed by atoms with Gasteiger partial charge in [-0.05, 0) is 41.4 Å². The van der Waals surface area contributed by atoms with E-state index in [9.17, 15) is 0 Å². The summed E-state index contributed by atoms with van der Waals surface area (Å²) in [5, 5.41) is 0. The quantitative estimate of drug-likeness (QED) is 0.790. The molecule has 72 valence electrons. The molecule has 0 fully saturated rings. The van der Waals surface area contributed by atoms with Crippen LogP contribution in [-0.2, 0) is 0 Å². The summed E-state index contributed by atoms with van der Waals surface area (Å²) in [5.41, 5.74) is 12.4. The Bertz CT molecular complexity index is 265. The molecule has 0 spiro atoms. The Kier molecular flexibility index (Phi) is 4.35. The van der Waals surface area contributed by atoms with Crippen molar-refractivity contribution in [1.82, 2.24) is 4.98 Å². The molecule has 0 aromatic carbocycles. The summed E-state index contributed by atoms with van der Waals surface area (Å²) < 4.78 is 0.833. The fraction of sp³-hybridized carbons (Fsp3) is 0.444. The molecule has 0 saturated heterocycles. The maximum Gasteiger partial charge on any atom is 0.110 e. The van der Waals surface area contributed by atoms with Crippen molar-refractivity contribution in [2.45, 2.75) is 18.9 Å². The zero-order valence-electron chi connectivity index (χ0n) is 7.41. The number of nitrogens with two attached hydrogens (primary N) is 2. The van der Waals surface area contributed by atoms with Gasteiger partial charge in [0.15, 0.2) is 0 Å². The molecule has 1 rings (SSSR count). The first kappa shape index (κ1) is 10.6. The van der Waals surface area contributed by atoms with Crippen molar-refractivity contribution in [2.75, 3.05) is 6.54 Å². The van der Waals surface area contributed by atoms with Crippen LogP contribution in [0.3, 0.4) is 0 Å². The van der Waals surface area contributed by atoms with Gasteiger partial charge in [0, 0.05) is 17.8 Å². The van der Waals surface area contributed by atoms with E-state index in [0.717, 1.165) is 23.0 Å². The molecule has 4 N–H and O–H groups in total. The van der Waals surface area contributed by atoms with E-state index < -0.39 is 0 Å². The molecule has 13 heavy (non-hydrogen) atoms. The van der Waals surface area contributed by atoms with E-state index in [1.807, 2.05) is 12.1 Å².